The Labute approximate surface area is 126 Å². The zero-order chi connectivity index (χ0) is 14.9. The molecular weight excluding hydrogens is 304 g/mol. The Morgan fingerprint density at radius 1 is 1.29 bits per heavy atom. The van der Waals surface area contributed by atoms with Crippen LogP contribution in [-0.2, 0) is 9.59 Å². The van der Waals surface area contributed by atoms with Gasteiger partial charge in [-0.25, -0.2) is 8.78 Å². The van der Waals surface area contributed by atoms with Crippen molar-refractivity contribution in [3.05, 3.63) is 29.8 Å². The van der Waals surface area contributed by atoms with E-state index in [0.29, 0.717) is 18.9 Å². The Kier molecular flexibility index (Phi) is 5.25. The number of nitrogens with one attached hydrogen (secondary N) is 1. The van der Waals surface area contributed by atoms with Crippen molar-refractivity contribution in [3.8, 4) is 0 Å². The minimum atomic E-state index is -0.847. The summed E-state index contributed by atoms with van der Waals surface area (Å²) in [5.41, 5.74) is 4.89. The van der Waals surface area contributed by atoms with Gasteiger partial charge in [0, 0.05) is 18.8 Å². The number of hydrogen-bond acceptors (Lipinski definition) is 3. The van der Waals surface area contributed by atoms with Gasteiger partial charge >= 0.3 is 0 Å². The number of rotatable bonds is 4. The Balaban J connectivity index is 0.00000220. The molecular formula is C13H16ClF2N3O2. The summed E-state index contributed by atoms with van der Waals surface area (Å²) in [6.45, 7) is -0.226. The molecule has 1 aliphatic rings. The summed E-state index contributed by atoms with van der Waals surface area (Å²) in [6, 6.07) is 2.69. The highest BCUT2D eigenvalue weighted by atomic mass is 35.5. The molecule has 0 radical (unpaired) electrons. The van der Waals surface area contributed by atoms with Crippen LogP contribution in [-0.4, -0.2) is 35.8 Å². The summed E-state index contributed by atoms with van der Waals surface area (Å²) in [6.07, 6.45) is 1.21. The Bertz CT molecular complexity index is 544. The zero-order valence-corrected chi connectivity index (χ0v) is 12.2. The SMILES string of the molecule is CN(CC(=O)Nc1cc(F)cc(F)c1)C(=O)C1(N)CC1.Cl. The molecule has 1 saturated carbocycles. The number of anilines is 1. The van der Waals surface area contributed by atoms with E-state index in [-0.39, 0.29) is 30.5 Å². The van der Waals surface area contributed by atoms with E-state index in [1.165, 1.54) is 11.9 Å². The van der Waals surface area contributed by atoms with Crippen molar-refractivity contribution in [2.24, 2.45) is 5.73 Å². The minimum absolute atomic E-state index is 0. The molecule has 1 aromatic rings. The normalized spacial score (nSPS) is 14.9. The topological polar surface area (TPSA) is 75.4 Å². The molecule has 21 heavy (non-hydrogen) atoms. The lowest BCUT2D eigenvalue weighted by Gasteiger charge is -2.20. The Morgan fingerprint density at radius 3 is 2.29 bits per heavy atom. The standard InChI is InChI=1S/C13H15F2N3O2.ClH/c1-18(12(20)13(16)2-3-13)7-11(19)17-10-5-8(14)4-9(15)6-10;/h4-6H,2-3,7,16H2,1H3,(H,17,19);1H. The quantitative estimate of drug-likeness (QED) is 0.877. The maximum Gasteiger partial charge on any atom is 0.243 e. The molecule has 1 fully saturated rings. The van der Waals surface area contributed by atoms with Crippen molar-refractivity contribution >= 4 is 29.9 Å². The third kappa shape index (κ3) is 4.37. The number of amides is 2. The summed E-state index contributed by atoms with van der Waals surface area (Å²) < 4.78 is 25.9. The molecule has 2 rings (SSSR count). The van der Waals surface area contributed by atoms with E-state index in [4.69, 9.17) is 5.73 Å². The summed E-state index contributed by atoms with van der Waals surface area (Å²) in [4.78, 5) is 24.7. The van der Waals surface area contributed by atoms with E-state index in [1.54, 1.807) is 0 Å². The number of hydrogen-bond donors (Lipinski definition) is 2. The molecule has 1 aromatic carbocycles. The molecule has 8 heteroatoms. The highest BCUT2D eigenvalue weighted by molar-refractivity contribution is 5.96. The van der Waals surface area contributed by atoms with Gasteiger partial charge in [-0.3, -0.25) is 9.59 Å². The van der Waals surface area contributed by atoms with Crippen LogP contribution in [0.1, 0.15) is 12.8 Å². The fraction of sp³-hybridized carbons (Fsp3) is 0.385. The molecule has 0 heterocycles. The van der Waals surface area contributed by atoms with Gasteiger partial charge in [0.25, 0.3) is 0 Å². The molecule has 3 N–H and O–H groups in total. The first kappa shape index (κ1) is 17.3. The van der Waals surface area contributed by atoms with Gasteiger partial charge in [-0.2, -0.15) is 0 Å². The molecule has 5 nitrogen and oxygen atoms in total. The molecule has 0 bridgehead atoms. The second kappa shape index (κ2) is 6.36. The summed E-state index contributed by atoms with van der Waals surface area (Å²) >= 11 is 0. The molecule has 0 unspecified atom stereocenters. The maximum absolute atomic E-state index is 13.0. The van der Waals surface area contributed by atoms with Gasteiger partial charge in [0.1, 0.15) is 11.6 Å². The molecule has 2 amide bonds. The van der Waals surface area contributed by atoms with E-state index in [2.05, 4.69) is 5.32 Å². The predicted octanol–water partition coefficient (Wildman–Crippen LogP) is 1.27. The molecule has 0 atom stereocenters. The predicted molar refractivity (Wildman–Crippen MR) is 76.0 cm³/mol. The summed E-state index contributed by atoms with van der Waals surface area (Å²) in [7, 11) is 1.46. The molecule has 1 aliphatic carbocycles. The molecule has 116 valence electrons. The van der Waals surface area contributed by atoms with Gasteiger partial charge in [-0.1, -0.05) is 0 Å². The second-order valence-electron chi connectivity index (χ2n) is 5.02. The van der Waals surface area contributed by atoms with Crippen molar-refractivity contribution in [3.63, 3.8) is 0 Å². The van der Waals surface area contributed by atoms with Gasteiger partial charge in [0.2, 0.25) is 11.8 Å². The highest BCUT2D eigenvalue weighted by Gasteiger charge is 2.47. The molecule has 0 aliphatic heterocycles. The van der Waals surface area contributed by atoms with Crippen LogP contribution in [0.25, 0.3) is 0 Å². The van der Waals surface area contributed by atoms with E-state index in [9.17, 15) is 18.4 Å². The van der Waals surface area contributed by atoms with Gasteiger partial charge in [-0.15, -0.1) is 12.4 Å². The van der Waals surface area contributed by atoms with E-state index < -0.39 is 23.1 Å². The first-order chi connectivity index (χ1) is 9.30. The smallest absolute Gasteiger partial charge is 0.243 e. The fourth-order valence-electron chi connectivity index (χ4n) is 1.84. The van der Waals surface area contributed by atoms with Crippen molar-refractivity contribution in [2.45, 2.75) is 18.4 Å². The van der Waals surface area contributed by atoms with E-state index in [0.717, 1.165) is 12.1 Å². The van der Waals surface area contributed by atoms with Crippen LogP contribution < -0.4 is 11.1 Å². The first-order valence-corrected chi connectivity index (χ1v) is 6.10. The van der Waals surface area contributed by atoms with Crippen molar-refractivity contribution in [1.82, 2.24) is 4.90 Å². The van der Waals surface area contributed by atoms with Gasteiger partial charge < -0.3 is 16.0 Å². The van der Waals surface area contributed by atoms with Gasteiger partial charge in [0.15, 0.2) is 0 Å². The third-order valence-corrected chi connectivity index (χ3v) is 3.09. The van der Waals surface area contributed by atoms with Crippen LogP contribution >= 0.6 is 12.4 Å². The number of nitrogens with zero attached hydrogens (tertiary/aromatic N) is 1. The van der Waals surface area contributed by atoms with Crippen LogP contribution in [0, 0.1) is 11.6 Å². The van der Waals surface area contributed by atoms with E-state index in [1.807, 2.05) is 0 Å². The fourth-order valence-corrected chi connectivity index (χ4v) is 1.84. The number of likely N-dealkylation sites (N-methyl/N-ethyl adjacent to an activating group) is 1. The van der Waals surface area contributed by atoms with Crippen LogP contribution in [0.4, 0.5) is 14.5 Å². The second-order valence-corrected chi connectivity index (χ2v) is 5.02. The minimum Gasteiger partial charge on any atom is -0.335 e. The van der Waals surface area contributed by atoms with Crippen LogP contribution in [0.15, 0.2) is 18.2 Å². The number of halogens is 3. The first-order valence-electron chi connectivity index (χ1n) is 6.10. The lowest BCUT2D eigenvalue weighted by Crippen LogP contribution is -2.46. The molecule has 0 aromatic heterocycles. The maximum atomic E-state index is 13.0. The highest BCUT2D eigenvalue weighted by Crippen LogP contribution is 2.33. The van der Waals surface area contributed by atoms with Gasteiger partial charge in [0.05, 0.1) is 12.1 Å². The van der Waals surface area contributed by atoms with Crippen LogP contribution in [0.2, 0.25) is 0 Å². The van der Waals surface area contributed by atoms with Crippen molar-refractivity contribution in [2.75, 3.05) is 18.9 Å². The zero-order valence-electron chi connectivity index (χ0n) is 11.4. The van der Waals surface area contributed by atoms with Crippen LogP contribution in [0.3, 0.4) is 0 Å². The third-order valence-electron chi connectivity index (χ3n) is 3.09. The van der Waals surface area contributed by atoms with Crippen molar-refractivity contribution in [1.29, 1.82) is 0 Å². The average molecular weight is 320 g/mol. The van der Waals surface area contributed by atoms with Gasteiger partial charge in [-0.05, 0) is 25.0 Å². The Morgan fingerprint density at radius 2 is 1.81 bits per heavy atom. The summed E-state index contributed by atoms with van der Waals surface area (Å²) in [5, 5.41) is 2.33. The number of nitrogens with two attached hydrogens (primary N) is 1. The number of benzene rings is 1. The summed E-state index contributed by atoms with van der Waals surface area (Å²) in [5.74, 6) is -2.43. The monoisotopic (exact) mass is 319 g/mol. The molecule has 0 saturated heterocycles. The van der Waals surface area contributed by atoms with E-state index >= 15 is 0 Å². The number of carbonyl (C=O) groups excluding carboxylic acids is 2. The lowest BCUT2D eigenvalue weighted by atomic mass is 10.2. The lowest BCUT2D eigenvalue weighted by molar-refractivity contribution is -0.135. The largest absolute Gasteiger partial charge is 0.335 e. The van der Waals surface area contributed by atoms with Crippen LogP contribution in [0.5, 0.6) is 0 Å². The Hall–Kier alpha value is -1.73. The molecule has 0 spiro atoms. The van der Waals surface area contributed by atoms with Crippen molar-refractivity contribution < 1.29 is 18.4 Å². The average Bonchev–Trinajstić information content (AvgIpc) is 3.05. The number of carbonyl (C=O) groups is 2.